The standard InChI is InChI=1S/C17H24F2N4O2/c18-17(19)5-13(6-17)21-16(24)15-10-22(8-12-1-3-25-4-2-12)9-14-7-20-11-23(14)15/h7,11-13,15H,1-6,8-10H2,(H,21,24). The fraction of sp³-hybridized carbons (Fsp3) is 0.765. The number of nitrogens with zero attached hydrogens (tertiary/aromatic N) is 3. The van der Waals surface area contributed by atoms with Gasteiger partial charge in [0.1, 0.15) is 6.04 Å². The number of hydrogen-bond donors (Lipinski definition) is 1. The van der Waals surface area contributed by atoms with E-state index >= 15 is 0 Å². The number of carbonyl (C=O) groups excluding carboxylic acids is 1. The van der Waals surface area contributed by atoms with Crippen LogP contribution < -0.4 is 5.32 Å². The third-order valence-electron chi connectivity index (χ3n) is 5.50. The van der Waals surface area contributed by atoms with E-state index in [1.807, 2.05) is 4.57 Å². The second kappa shape index (κ2) is 6.64. The highest BCUT2D eigenvalue weighted by molar-refractivity contribution is 5.81. The Morgan fingerprint density at radius 2 is 2.12 bits per heavy atom. The average Bonchev–Trinajstić information content (AvgIpc) is 3.01. The number of ether oxygens (including phenoxy) is 1. The molecule has 1 aromatic rings. The van der Waals surface area contributed by atoms with Crippen LogP contribution in [0, 0.1) is 5.92 Å². The van der Waals surface area contributed by atoms with E-state index in [0.717, 1.165) is 44.8 Å². The minimum Gasteiger partial charge on any atom is -0.381 e. The predicted octanol–water partition coefficient (Wildman–Crippen LogP) is 1.58. The summed E-state index contributed by atoms with van der Waals surface area (Å²) in [6.07, 6.45) is 5.03. The maximum Gasteiger partial charge on any atom is 0.252 e. The molecular weight excluding hydrogens is 330 g/mol. The number of nitrogens with one attached hydrogen (secondary N) is 1. The zero-order chi connectivity index (χ0) is 17.4. The summed E-state index contributed by atoms with van der Waals surface area (Å²) in [6, 6.07) is -0.819. The first-order valence-corrected chi connectivity index (χ1v) is 8.99. The molecule has 0 aromatic carbocycles. The van der Waals surface area contributed by atoms with Gasteiger partial charge in [0.2, 0.25) is 5.91 Å². The lowest BCUT2D eigenvalue weighted by Crippen LogP contribution is -2.54. The molecule has 0 bridgehead atoms. The van der Waals surface area contributed by atoms with E-state index in [2.05, 4.69) is 15.2 Å². The lowest BCUT2D eigenvalue weighted by Gasteiger charge is -2.39. The molecule has 1 amide bonds. The lowest BCUT2D eigenvalue weighted by atomic mass is 9.88. The Labute approximate surface area is 145 Å². The van der Waals surface area contributed by atoms with Crippen LogP contribution >= 0.6 is 0 Å². The maximum atomic E-state index is 13.0. The van der Waals surface area contributed by atoms with E-state index in [9.17, 15) is 13.6 Å². The Kier molecular flexibility index (Phi) is 4.49. The van der Waals surface area contributed by atoms with Gasteiger partial charge in [0.05, 0.1) is 12.0 Å². The third kappa shape index (κ3) is 3.69. The van der Waals surface area contributed by atoms with Gasteiger partial charge in [-0.2, -0.15) is 0 Å². The zero-order valence-electron chi connectivity index (χ0n) is 14.2. The zero-order valence-corrected chi connectivity index (χ0v) is 14.2. The number of rotatable bonds is 4. The Morgan fingerprint density at radius 3 is 2.84 bits per heavy atom. The quantitative estimate of drug-likeness (QED) is 0.892. The molecule has 2 aliphatic heterocycles. The molecular formula is C17H24F2N4O2. The molecule has 8 heteroatoms. The maximum absolute atomic E-state index is 13.0. The number of halogens is 2. The lowest BCUT2D eigenvalue weighted by molar-refractivity contribution is -0.133. The number of amides is 1. The molecule has 6 nitrogen and oxygen atoms in total. The van der Waals surface area contributed by atoms with Crippen molar-refractivity contribution in [1.82, 2.24) is 19.8 Å². The molecule has 1 aliphatic carbocycles. The largest absolute Gasteiger partial charge is 0.381 e. The van der Waals surface area contributed by atoms with Gasteiger partial charge in [-0.1, -0.05) is 0 Å². The fourth-order valence-electron chi connectivity index (χ4n) is 4.06. The third-order valence-corrected chi connectivity index (χ3v) is 5.50. The Balaban J connectivity index is 1.40. The highest BCUT2D eigenvalue weighted by Gasteiger charge is 2.46. The van der Waals surface area contributed by atoms with Crippen LogP contribution in [0.15, 0.2) is 12.5 Å². The summed E-state index contributed by atoms with van der Waals surface area (Å²) in [5, 5.41) is 2.78. The number of fused-ring (bicyclic) bond motifs is 1. The molecule has 1 saturated carbocycles. The first-order valence-electron chi connectivity index (χ1n) is 8.99. The van der Waals surface area contributed by atoms with Crippen molar-refractivity contribution < 1.29 is 18.3 Å². The van der Waals surface area contributed by atoms with Crippen molar-refractivity contribution in [3.63, 3.8) is 0 Å². The Bertz CT molecular complexity index is 622. The highest BCUT2D eigenvalue weighted by atomic mass is 19.3. The van der Waals surface area contributed by atoms with Crippen LogP contribution in [0.3, 0.4) is 0 Å². The molecule has 1 atom stereocenters. The van der Waals surface area contributed by atoms with Crippen molar-refractivity contribution in [3.05, 3.63) is 18.2 Å². The first-order chi connectivity index (χ1) is 12.0. The van der Waals surface area contributed by atoms with Crippen LogP contribution in [0.2, 0.25) is 0 Å². The monoisotopic (exact) mass is 354 g/mol. The van der Waals surface area contributed by atoms with Gasteiger partial charge in [-0.3, -0.25) is 9.69 Å². The van der Waals surface area contributed by atoms with E-state index in [-0.39, 0.29) is 18.7 Å². The van der Waals surface area contributed by atoms with E-state index < -0.39 is 18.0 Å². The second-order valence-corrected chi connectivity index (χ2v) is 7.53. The molecule has 1 unspecified atom stereocenters. The molecule has 138 valence electrons. The molecule has 1 aromatic heterocycles. The van der Waals surface area contributed by atoms with Crippen molar-refractivity contribution in [2.75, 3.05) is 26.3 Å². The van der Waals surface area contributed by atoms with Gasteiger partial charge in [-0.05, 0) is 18.8 Å². The minimum atomic E-state index is -2.63. The topological polar surface area (TPSA) is 59.4 Å². The van der Waals surface area contributed by atoms with Gasteiger partial charge in [0.25, 0.3) is 5.92 Å². The van der Waals surface area contributed by atoms with Gasteiger partial charge in [0.15, 0.2) is 0 Å². The Hall–Kier alpha value is -1.54. The highest BCUT2D eigenvalue weighted by Crippen LogP contribution is 2.37. The summed E-state index contributed by atoms with van der Waals surface area (Å²) in [7, 11) is 0. The molecule has 3 heterocycles. The summed E-state index contributed by atoms with van der Waals surface area (Å²) < 4.78 is 33.3. The van der Waals surface area contributed by atoms with E-state index in [4.69, 9.17) is 4.74 Å². The second-order valence-electron chi connectivity index (χ2n) is 7.53. The number of carbonyl (C=O) groups is 1. The van der Waals surface area contributed by atoms with Crippen molar-refractivity contribution in [3.8, 4) is 0 Å². The molecule has 25 heavy (non-hydrogen) atoms. The molecule has 1 N–H and O–H groups in total. The minimum absolute atomic E-state index is 0.184. The van der Waals surface area contributed by atoms with Crippen molar-refractivity contribution in [1.29, 1.82) is 0 Å². The normalized spacial score (nSPS) is 27.5. The molecule has 2 fully saturated rings. The van der Waals surface area contributed by atoms with E-state index in [0.29, 0.717) is 12.5 Å². The van der Waals surface area contributed by atoms with Crippen LogP contribution in [-0.2, 0) is 16.1 Å². The molecule has 0 radical (unpaired) electrons. The average molecular weight is 354 g/mol. The predicted molar refractivity (Wildman–Crippen MR) is 86.2 cm³/mol. The summed E-state index contributed by atoms with van der Waals surface area (Å²) in [4.78, 5) is 19.1. The number of imidazole rings is 1. The SMILES string of the molecule is O=C(NC1CC(F)(F)C1)C1CN(CC2CCOCC2)Cc2cncn21. The summed E-state index contributed by atoms with van der Waals surface area (Å²) in [5.41, 5.74) is 0.998. The fourth-order valence-corrected chi connectivity index (χ4v) is 4.06. The number of alkyl halides is 2. The van der Waals surface area contributed by atoms with Crippen molar-refractivity contribution in [2.45, 2.75) is 50.2 Å². The Morgan fingerprint density at radius 1 is 1.36 bits per heavy atom. The van der Waals surface area contributed by atoms with Crippen LogP contribution in [0.1, 0.15) is 37.4 Å². The smallest absolute Gasteiger partial charge is 0.252 e. The number of hydrogen-bond acceptors (Lipinski definition) is 4. The molecule has 0 spiro atoms. The van der Waals surface area contributed by atoms with Crippen LogP contribution in [0.4, 0.5) is 8.78 Å². The van der Waals surface area contributed by atoms with Crippen LogP contribution in [0.25, 0.3) is 0 Å². The summed E-state index contributed by atoms with van der Waals surface area (Å²) in [6.45, 7) is 3.89. The number of aromatic nitrogens is 2. The first kappa shape index (κ1) is 16.9. The van der Waals surface area contributed by atoms with E-state index in [1.165, 1.54) is 0 Å². The molecule has 4 rings (SSSR count). The van der Waals surface area contributed by atoms with Gasteiger partial charge in [0, 0.05) is 57.9 Å². The van der Waals surface area contributed by atoms with Gasteiger partial charge < -0.3 is 14.6 Å². The van der Waals surface area contributed by atoms with E-state index in [1.54, 1.807) is 12.5 Å². The summed E-state index contributed by atoms with van der Waals surface area (Å²) in [5.74, 6) is -2.23. The van der Waals surface area contributed by atoms with Crippen LogP contribution in [-0.4, -0.2) is 58.6 Å². The van der Waals surface area contributed by atoms with Gasteiger partial charge >= 0.3 is 0 Å². The molecule has 1 saturated heterocycles. The summed E-state index contributed by atoms with van der Waals surface area (Å²) >= 11 is 0. The van der Waals surface area contributed by atoms with Crippen LogP contribution in [0.5, 0.6) is 0 Å². The van der Waals surface area contributed by atoms with Gasteiger partial charge in [-0.15, -0.1) is 0 Å². The molecule has 3 aliphatic rings. The van der Waals surface area contributed by atoms with Gasteiger partial charge in [-0.25, -0.2) is 13.8 Å². The van der Waals surface area contributed by atoms with Crippen molar-refractivity contribution >= 4 is 5.91 Å². The van der Waals surface area contributed by atoms with Crippen molar-refractivity contribution in [2.24, 2.45) is 5.92 Å².